The number of carbonyl (C=O) groups is 2. The molecule has 2 amide bonds. The number of hydrogen-bond acceptors (Lipinski definition) is 6. The van der Waals surface area contributed by atoms with E-state index in [1.807, 2.05) is 35.8 Å². The molecular weight excluding hydrogens is 392 g/mol. The molecule has 3 saturated heterocycles. The molecule has 1 aromatic rings. The van der Waals surface area contributed by atoms with Crippen LogP contribution in [-0.4, -0.2) is 70.3 Å². The summed E-state index contributed by atoms with van der Waals surface area (Å²) in [6.07, 6.45) is 1.42. The van der Waals surface area contributed by atoms with E-state index in [4.69, 9.17) is 11.0 Å². The normalized spacial score (nSPS) is 29.6. The van der Waals surface area contributed by atoms with E-state index in [9.17, 15) is 14.9 Å². The van der Waals surface area contributed by atoms with E-state index >= 15 is 0 Å². The molecule has 4 unspecified atom stereocenters. The highest BCUT2D eigenvalue weighted by Gasteiger charge is 2.51. The molecule has 8 heteroatoms. The first-order chi connectivity index (χ1) is 14.8. The van der Waals surface area contributed by atoms with Gasteiger partial charge in [0.15, 0.2) is 0 Å². The first-order valence-corrected chi connectivity index (χ1v) is 10.9. The molecule has 2 N–H and O–H groups in total. The second-order valence-electron chi connectivity index (χ2n) is 9.10. The Bertz CT molecular complexity index is 948. The van der Waals surface area contributed by atoms with E-state index in [-0.39, 0.29) is 29.9 Å². The van der Waals surface area contributed by atoms with Crippen LogP contribution in [0.4, 0.5) is 0 Å². The highest BCUT2D eigenvalue weighted by molar-refractivity contribution is 5.87. The predicted molar refractivity (Wildman–Crippen MR) is 113 cm³/mol. The number of carbonyl (C=O) groups excluding carboxylic acids is 2. The summed E-state index contributed by atoms with van der Waals surface area (Å²) in [5, 5.41) is 18.3. The molecule has 4 rings (SSSR count). The number of benzene rings is 1. The van der Waals surface area contributed by atoms with E-state index in [0.717, 1.165) is 12.0 Å². The third-order valence-electron chi connectivity index (χ3n) is 6.94. The molecule has 6 atom stereocenters. The summed E-state index contributed by atoms with van der Waals surface area (Å²) in [6, 6.07) is 10.3. The quantitative estimate of drug-likeness (QED) is 0.759. The molecule has 8 nitrogen and oxygen atoms in total. The van der Waals surface area contributed by atoms with Crippen molar-refractivity contribution in [3.05, 3.63) is 35.4 Å². The van der Waals surface area contributed by atoms with Crippen molar-refractivity contribution in [2.45, 2.75) is 56.9 Å². The first kappa shape index (κ1) is 21.3. The minimum Gasteiger partial charge on any atom is -0.330 e. The topological polar surface area (TPSA) is 117 Å². The Kier molecular flexibility index (Phi) is 5.70. The first-order valence-electron chi connectivity index (χ1n) is 10.9. The van der Waals surface area contributed by atoms with Crippen molar-refractivity contribution in [3.63, 3.8) is 0 Å². The Hall–Kier alpha value is -2.94. The molecule has 0 radical (unpaired) electrons. The summed E-state index contributed by atoms with van der Waals surface area (Å²) >= 11 is 0. The molecule has 0 aromatic heterocycles. The third kappa shape index (κ3) is 3.78. The van der Waals surface area contributed by atoms with Crippen LogP contribution >= 0.6 is 0 Å². The molecule has 3 aliphatic rings. The third-order valence-corrected chi connectivity index (χ3v) is 6.94. The van der Waals surface area contributed by atoms with Gasteiger partial charge in [0.1, 0.15) is 6.04 Å². The highest BCUT2D eigenvalue weighted by atomic mass is 16.2. The van der Waals surface area contributed by atoms with Crippen molar-refractivity contribution < 1.29 is 9.59 Å². The van der Waals surface area contributed by atoms with Gasteiger partial charge in [0.05, 0.1) is 35.8 Å². The van der Waals surface area contributed by atoms with Crippen LogP contribution in [0, 0.1) is 28.6 Å². The number of nitriles is 2. The molecule has 2 bridgehead atoms. The van der Waals surface area contributed by atoms with Gasteiger partial charge in [-0.05, 0) is 43.4 Å². The molecule has 3 heterocycles. The minimum absolute atomic E-state index is 0.0671. The lowest BCUT2D eigenvalue weighted by Crippen LogP contribution is -2.56. The standard InChI is InChI=1S/C23H28N6O2/c1-14-7-18(10-25)28(11-14)22(30)20(26)13-27-12-19-8-21(27)23(31)29(19)15(2)17-5-3-16(9-24)4-6-17/h3-6,14-15,18-21H,7-8,11-13,26H2,1-2H3/t14?,15-,18?,19-,20?,21?/m0/s1. The molecule has 0 saturated carbocycles. The molecule has 0 aliphatic carbocycles. The molecule has 3 fully saturated rings. The van der Waals surface area contributed by atoms with Crippen LogP contribution in [0.3, 0.4) is 0 Å². The number of likely N-dealkylation sites (tertiary alicyclic amines) is 3. The van der Waals surface area contributed by atoms with Gasteiger partial charge in [-0.2, -0.15) is 10.5 Å². The van der Waals surface area contributed by atoms with Crippen LogP contribution in [0.15, 0.2) is 24.3 Å². The van der Waals surface area contributed by atoms with Crippen molar-refractivity contribution in [3.8, 4) is 12.1 Å². The highest BCUT2D eigenvalue weighted by Crippen LogP contribution is 2.38. The fraction of sp³-hybridized carbons (Fsp3) is 0.565. The fourth-order valence-corrected chi connectivity index (χ4v) is 5.35. The Morgan fingerprint density at radius 3 is 2.55 bits per heavy atom. The summed E-state index contributed by atoms with van der Waals surface area (Å²) in [7, 11) is 0. The van der Waals surface area contributed by atoms with Gasteiger partial charge in [-0.3, -0.25) is 14.5 Å². The molecule has 0 spiro atoms. The average molecular weight is 421 g/mol. The van der Waals surface area contributed by atoms with Crippen LogP contribution < -0.4 is 5.73 Å². The fourth-order valence-electron chi connectivity index (χ4n) is 5.35. The Morgan fingerprint density at radius 2 is 1.94 bits per heavy atom. The smallest absolute Gasteiger partial charge is 0.241 e. The van der Waals surface area contributed by atoms with E-state index in [0.29, 0.717) is 37.5 Å². The lowest BCUT2D eigenvalue weighted by Gasteiger charge is -2.38. The Morgan fingerprint density at radius 1 is 1.23 bits per heavy atom. The van der Waals surface area contributed by atoms with Crippen LogP contribution in [0.1, 0.15) is 43.9 Å². The lowest BCUT2D eigenvalue weighted by molar-refractivity contribution is -0.141. The van der Waals surface area contributed by atoms with Crippen molar-refractivity contribution in [1.29, 1.82) is 10.5 Å². The van der Waals surface area contributed by atoms with Gasteiger partial charge in [0, 0.05) is 25.7 Å². The largest absolute Gasteiger partial charge is 0.330 e. The number of piperazine rings is 1. The van der Waals surface area contributed by atoms with Crippen molar-refractivity contribution in [2.24, 2.45) is 11.7 Å². The Balaban J connectivity index is 1.39. The van der Waals surface area contributed by atoms with Crippen LogP contribution in [0.25, 0.3) is 0 Å². The molecule has 31 heavy (non-hydrogen) atoms. The number of nitrogens with two attached hydrogens (primary N) is 1. The van der Waals surface area contributed by atoms with Crippen LogP contribution in [0.2, 0.25) is 0 Å². The van der Waals surface area contributed by atoms with Crippen molar-refractivity contribution in [1.82, 2.24) is 14.7 Å². The van der Waals surface area contributed by atoms with E-state index in [1.165, 1.54) is 0 Å². The van der Waals surface area contributed by atoms with Gasteiger partial charge in [-0.15, -0.1) is 0 Å². The van der Waals surface area contributed by atoms with Crippen molar-refractivity contribution >= 4 is 11.8 Å². The van der Waals surface area contributed by atoms with Crippen molar-refractivity contribution in [2.75, 3.05) is 19.6 Å². The predicted octanol–water partition coefficient (Wildman–Crippen LogP) is 0.992. The SMILES string of the molecule is CC1CC(C#N)N(C(=O)C(N)CN2C[C@@H]3CC2C(=O)N3[C@@H](C)c2ccc(C#N)cc2)C1. The van der Waals surface area contributed by atoms with Gasteiger partial charge in [-0.1, -0.05) is 19.1 Å². The summed E-state index contributed by atoms with van der Waals surface area (Å²) in [4.78, 5) is 31.5. The number of fused-ring (bicyclic) bond motifs is 2. The molecule has 1 aromatic carbocycles. The number of rotatable bonds is 5. The number of amides is 2. The maximum absolute atomic E-state index is 13.1. The van der Waals surface area contributed by atoms with Crippen LogP contribution in [0.5, 0.6) is 0 Å². The lowest BCUT2D eigenvalue weighted by atomic mass is 10.0. The average Bonchev–Trinajstić information content (AvgIpc) is 3.44. The number of hydrogen-bond donors (Lipinski definition) is 1. The maximum atomic E-state index is 13.1. The minimum atomic E-state index is -0.738. The zero-order valence-corrected chi connectivity index (χ0v) is 17.9. The number of nitrogens with zero attached hydrogens (tertiary/aromatic N) is 5. The summed E-state index contributed by atoms with van der Waals surface area (Å²) in [6.45, 7) is 5.62. The van der Waals surface area contributed by atoms with Gasteiger partial charge < -0.3 is 15.5 Å². The van der Waals surface area contributed by atoms with E-state index in [2.05, 4.69) is 12.1 Å². The zero-order chi connectivity index (χ0) is 22.3. The molecule has 162 valence electrons. The summed E-state index contributed by atoms with van der Waals surface area (Å²) < 4.78 is 0. The van der Waals surface area contributed by atoms with Gasteiger partial charge in [-0.25, -0.2) is 0 Å². The molecule has 3 aliphatic heterocycles. The van der Waals surface area contributed by atoms with E-state index < -0.39 is 12.1 Å². The second kappa shape index (κ2) is 8.30. The van der Waals surface area contributed by atoms with Gasteiger partial charge >= 0.3 is 0 Å². The van der Waals surface area contributed by atoms with Gasteiger partial charge in [0.25, 0.3) is 0 Å². The maximum Gasteiger partial charge on any atom is 0.241 e. The summed E-state index contributed by atoms with van der Waals surface area (Å²) in [5.41, 5.74) is 7.84. The monoisotopic (exact) mass is 420 g/mol. The van der Waals surface area contributed by atoms with E-state index in [1.54, 1.807) is 17.0 Å². The zero-order valence-electron chi connectivity index (χ0n) is 17.9. The second-order valence-corrected chi connectivity index (χ2v) is 9.10. The molecular formula is C23H28N6O2. The summed E-state index contributed by atoms with van der Waals surface area (Å²) in [5.74, 6) is 0.161. The van der Waals surface area contributed by atoms with Crippen LogP contribution in [-0.2, 0) is 9.59 Å². The Labute approximate surface area is 182 Å². The van der Waals surface area contributed by atoms with Gasteiger partial charge in [0.2, 0.25) is 11.8 Å².